The summed E-state index contributed by atoms with van der Waals surface area (Å²) < 4.78 is 0. The van der Waals surface area contributed by atoms with Crippen LogP contribution < -0.4 is 27.4 Å². The molecule has 0 aromatic carbocycles. The summed E-state index contributed by atoms with van der Waals surface area (Å²) in [5.74, 6) is 0.580. The van der Waals surface area contributed by atoms with E-state index in [4.69, 9.17) is 11.5 Å². The molecule has 0 aliphatic heterocycles. The van der Waals surface area contributed by atoms with Gasteiger partial charge in [0.2, 0.25) is 11.9 Å². The summed E-state index contributed by atoms with van der Waals surface area (Å²) in [4.78, 5) is 28.4. The molecule has 0 bridgehead atoms. The molecule has 2 rings (SSSR count). The minimum Gasteiger partial charge on any atom is -0.368 e. The molecule has 0 saturated heterocycles. The first-order valence-corrected chi connectivity index (χ1v) is 10.7. The summed E-state index contributed by atoms with van der Waals surface area (Å²) in [7, 11) is 0. The highest BCUT2D eigenvalue weighted by molar-refractivity contribution is 5.97. The number of nitrogens with two attached hydrogens (primary N) is 2. The second-order valence-electron chi connectivity index (χ2n) is 9.86. The van der Waals surface area contributed by atoms with Gasteiger partial charge >= 0.3 is 0 Å². The molecule has 178 valence electrons. The predicted molar refractivity (Wildman–Crippen MR) is 130 cm³/mol. The van der Waals surface area contributed by atoms with E-state index in [1.165, 1.54) is 12.4 Å². The van der Waals surface area contributed by atoms with Gasteiger partial charge in [-0.1, -0.05) is 34.6 Å². The van der Waals surface area contributed by atoms with Crippen LogP contribution in [-0.2, 0) is 0 Å². The van der Waals surface area contributed by atoms with Crippen molar-refractivity contribution in [2.75, 3.05) is 28.2 Å². The summed E-state index contributed by atoms with van der Waals surface area (Å²) in [6, 6.07) is 2.08. The molecule has 11 heteroatoms. The van der Waals surface area contributed by atoms with Crippen molar-refractivity contribution in [3.8, 4) is 6.07 Å². The molecule has 0 radical (unpaired) electrons. The Kier molecular flexibility index (Phi) is 7.64. The maximum atomic E-state index is 11.7. The van der Waals surface area contributed by atoms with E-state index in [0.29, 0.717) is 23.9 Å². The van der Waals surface area contributed by atoms with Crippen molar-refractivity contribution in [3.05, 3.63) is 23.5 Å². The first-order valence-electron chi connectivity index (χ1n) is 10.7. The Bertz CT molecular complexity index is 1040. The average molecular weight is 455 g/mol. The number of hydrogen-bond acceptors (Lipinski definition) is 10. The number of hydrogen-bond donors (Lipinski definition) is 5. The van der Waals surface area contributed by atoms with E-state index >= 15 is 0 Å². The van der Waals surface area contributed by atoms with Crippen LogP contribution >= 0.6 is 0 Å². The molecule has 2 heterocycles. The van der Waals surface area contributed by atoms with Crippen molar-refractivity contribution in [1.82, 2.24) is 19.9 Å². The van der Waals surface area contributed by atoms with Crippen LogP contribution in [0.2, 0.25) is 0 Å². The zero-order valence-electron chi connectivity index (χ0n) is 20.3. The number of nitriles is 1. The highest BCUT2D eigenvalue weighted by atomic mass is 16.1. The van der Waals surface area contributed by atoms with Gasteiger partial charge in [0.1, 0.15) is 23.3 Å². The molecule has 0 aliphatic carbocycles. The molecule has 0 aliphatic rings. The number of aromatic nitrogens is 4. The van der Waals surface area contributed by atoms with Gasteiger partial charge < -0.3 is 27.4 Å². The molecule has 0 spiro atoms. The minimum atomic E-state index is -0.642. The molecule has 2 unspecified atom stereocenters. The van der Waals surface area contributed by atoms with Crippen LogP contribution in [0.5, 0.6) is 0 Å². The Labute approximate surface area is 194 Å². The van der Waals surface area contributed by atoms with Crippen LogP contribution in [0.15, 0.2) is 12.4 Å². The number of amides is 1. The fourth-order valence-electron chi connectivity index (χ4n) is 2.63. The summed E-state index contributed by atoms with van der Waals surface area (Å²) in [5.41, 5.74) is 11.3. The lowest BCUT2D eigenvalue weighted by atomic mass is 9.85. The van der Waals surface area contributed by atoms with Crippen molar-refractivity contribution in [3.63, 3.8) is 0 Å². The van der Waals surface area contributed by atoms with Crippen molar-refractivity contribution in [2.24, 2.45) is 16.6 Å². The van der Waals surface area contributed by atoms with E-state index in [-0.39, 0.29) is 40.2 Å². The number of carbonyl (C=O) groups is 1. The fraction of sp³-hybridized carbons (Fsp3) is 0.545. The smallest absolute Gasteiger partial charge is 0.254 e. The molecule has 11 nitrogen and oxygen atoms in total. The lowest BCUT2D eigenvalue weighted by Gasteiger charge is -2.33. The van der Waals surface area contributed by atoms with Crippen molar-refractivity contribution >= 4 is 29.4 Å². The average Bonchev–Trinajstić information content (AvgIpc) is 2.71. The van der Waals surface area contributed by atoms with Crippen molar-refractivity contribution in [2.45, 2.75) is 60.5 Å². The Morgan fingerprint density at radius 3 is 2.27 bits per heavy atom. The highest BCUT2D eigenvalue weighted by Crippen LogP contribution is 2.27. The zero-order chi connectivity index (χ0) is 25.0. The number of nitrogens with one attached hydrogen (secondary N) is 3. The third-order valence-corrected chi connectivity index (χ3v) is 5.86. The van der Waals surface area contributed by atoms with Gasteiger partial charge in [-0.05, 0) is 19.3 Å². The molecule has 1 amide bonds. The van der Waals surface area contributed by atoms with Gasteiger partial charge in [0, 0.05) is 30.2 Å². The van der Waals surface area contributed by atoms with E-state index < -0.39 is 5.91 Å². The van der Waals surface area contributed by atoms with Gasteiger partial charge in [-0.2, -0.15) is 15.2 Å². The third-order valence-electron chi connectivity index (χ3n) is 5.86. The first kappa shape index (κ1) is 25.6. The number of carbonyl (C=O) groups excluding carboxylic acids is 1. The minimum absolute atomic E-state index is 0.0114. The molecular formula is C22H34N10O. The Hall–Kier alpha value is -3.68. The van der Waals surface area contributed by atoms with Gasteiger partial charge in [0.25, 0.3) is 5.91 Å². The van der Waals surface area contributed by atoms with E-state index in [1.54, 1.807) is 0 Å². The maximum absolute atomic E-state index is 11.7. The largest absolute Gasteiger partial charge is 0.368 e. The molecule has 2 atom stereocenters. The van der Waals surface area contributed by atoms with E-state index in [0.717, 1.165) is 0 Å². The normalized spacial score (nSPS) is 13.5. The van der Waals surface area contributed by atoms with Crippen LogP contribution in [0.4, 0.5) is 23.5 Å². The van der Waals surface area contributed by atoms with Crippen LogP contribution in [0.25, 0.3) is 0 Å². The third kappa shape index (κ3) is 6.65. The van der Waals surface area contributed by atoms with Crippen molar-refractivity contribution < 1.29 is 4.79 Å². The molecular weight excluding hydrogens is 420 g/mol. The molecule has 7 N–H and O–H groups in total. The Morgan fingerprint density at radius 2 is 1.70 bits per heavy atom. The van der Waals surface area contributed by atoms with Crippen molar-refractivity contribution in [1.29, 1.82) is 5.26 Å². The van der Waals surface area contributed by atoms with E-state index in [9.17, 15) is 10.1 Å². The summed E-state index contributed by atoms with van der Waals surface area (Å²) in [6.07, 6.45) is 2.81. The maximum Gasteiger partial charge on any atom is 0.254 e. The van der Waals surface area contributed by atoms with Gasteiger partial charge in [0.15, 0.2) is 0 Å². The molecule has 2 aromatic heterocycles. The number of nitrogens with zero attached hydrogens (tertiary/aromatic N) is 5. The SMILES string of the molecule is CC(Nc1nc(NCC(C)(C)C(C)Nc2nc(N)ncc2C(N)=O)ncc1C#N)C(C)(C)C. The van der Waals surface area contributed by atoms with Crippen LogP contribution in [0, 0.1) is 22.2 Å². The van der Waals surface area contributed by atoms with Gasteiger partial charge in [-0.3, -0.25) is 4.79 Å². The topological polar surface area (TPSA) is 181 Å². The van der Waals surface area contributed by atoms with E-state index in [2.05, 4.69) is 62.7 Å². The van der Waals surface area contributed by atoms with E-state index in [1.807, 2.05) is 27.7 Å². The summed E-state index contributed by atoms with van der Waals surface area (Å²) in [6.45, 7) is 14.9. The van der Waals surface area contributed by atoms with Gasteiger partial charge in [-0.25, -0.2) is 9.97 Å². The second-order valence-corrected chi connectivity index (χ2v) is 9.86. The lowest BCUT2D eigenvalue weighted by Crippen LogP contribution is -2.40. The zero-order valence-corrected chi connectivity index (χ0v) is 20.3. The number of nitrogen functional groups attached to an aromatic ring is 1. The Balaban J connectivity index is 2.15. The monoisotopic (exact) mass is 454 g/mol. The standard InChI is InChI=1S/C22H34N10O/c1-12(21(3,4)5)29-17-14(8-23)9-27-20(32-17)28-11-22(6,7)13(2)30-18-15(16(24)33)10-26-19(25)31-18/h9-10,12-13H,11H2,1-7H3,(H2,24,33)(H3,25,26,30,31)(H2,27,28,29,32). The fourth-order valence-corrected chi connectivity index (χ4v) is 2.63. The first-order chi connectivity index (χ1) is 15.2. The molecule has 33 heavy (non-hydrogen) atoms. The highest BCUT2D eigenvalue weighted by Gasteiger charge is 2.28. The predicted octanol–water partition coefficient (Wildman–Crippen LogP) is 2.60. The summed E-state index contributed by atoms with van der Waals surface area (Å²) >= 11 is 0. The van der Waals surface area contributed by atoms with Gasteiger partial charge in [-0.15, -0.1) is 0 Å². The quantitative estimate of drug-likeness (QED) is 0.378. The molecule has 2 aromatic rings. The number of primary amides is 1. The molecule has 0 fully saturated rings. The lowest BCUT2D eigenvalue weighted by molar-refractivity contribution is 0.100. The molecule has 0 saturated carbocycles. The Morgan fingerprint density at radius 1 is 1.06 bits per heavy atom. The van der Waals surface area contributed by atoms with Crippen LogP contribution in [0.3, 0.4) is 0 Å². The van der Waals surface area contributed by atoms with Crippen LogP contribution in [-0.4, -0.2) is 44.5 Å². The number of anilines is 4. The van der Waals surface area contributed by atoms with Gasteiger partial charge in [0.05, 0.1) is 11.8 Å². The van der Waals surface area contributed by atoms with Crippen LogP contribution in [0.1, 0.15) is 64.4 Å². The summed E-state index contributed by atoms with van der Waals surface area (Å²) in [5, 5.41) is 19.2. The number of rotatable bonds is 9. The second kappa shape index (κ2) is 9.85.